The molecule has 0 aliphatic heterocycles. The first kappa shape index (κ1) is 21.2. The fourth-order valence-corrected chi connectivity index (χ4v) is 5.09. The quantitative estimate of drug-likeness (QED) is 0.240. The molecule has 35 heavy (non-hydrogen) atoms. The second kappa shape index (κ2) is 7.84. The summed E-state index contributed by atoms with van der Waals surface area (Å²) >= 11 is 1.22. The van der Waals surface area contributed by atoms with Gasteiger partial charge in [-0.1, -0.05) is 30.3 Å². The Morgan fingerprint density at radius 3 is 2.69 bits per heavy atom. The summed E-state index contributed by atoms with van der Waals surface area (Å²) in [4.78, 5) is 24.3. The minimum absolute atomic E-state index is 0.136. The highest BCUT2D eigenvalue weighted by atomic mass is 32.1. The molecule has 0 saturated heterocycles. The lowest BCUT2D eigenvalue weighted by atomic mass is 10.0. The van der Waals surface area contributed by atoms with Gasteiger partial charge in [0, 0.05) is 5.39 Å². The molecule has 5 aromatic heterocycles. The Balaban J connectivity index is 1.56. The minimum atomic E-state index is -2.72. The van der Waals surface area contributed by atoms with Crippen molar-refractivity contribution >= 4 is 43.1 Å². The summed E-state index contributed by atoms with van der Waals surface area (Å²) in [5.74, 6) is 0.374. The molecule has 0 fully saturated rings. The van der Waals surface area contributed by atoms with E-state index in [9.17, 15) is 18.9 Å². The highest BCUT2D eigenvalue weighted by Crippen LogP contribution is 2.41. The first-order valence-electron chi connectivity index (χ1n) is 10.4. The average molecular weight is 492 g/mol. The van der Waals surface area contributed by atoms with Gasteiger partial charge in [0.25, 0.3) is 6.43 Å². The molecular formula is C22H14F2N8O2S. The summed E-state index contributed by atoms with van der Waals surface area (Å²) in [7, 11) is 0. The lowest BCUT2D eigenvalue weighted by molar-refractivity contribution is -0.385. The van der Waals surface area contributed by atoms with E-state index in [1.807, 2.05) is 30.3 Å². The van der Waals surface area contributed by atoms with E-state index >= 15 is 0 Å². The molecular weight excluding hydrogens is 478 g/mol. The van der Waals surface area contributed by atoms with Crippen molar-refractivity contribution < 1.29 is 13.7 Å². The van der Waals surface area contributed by atoms with Crippen LogP contribution >= 0.6 is 11.3 Å². The third-order valence-electron chi connectivity index (χ3n) is 5.68. The SMILES string of the molecule is C[C@@H](c1nc2c3sc4nc(C(F)F)cc(-c5ccccc5)c4c3ncn2n1)n1cc([N+](=O)[O-])cn1. The second-order valence-corrected chi connectivity index (χ2v) is 8.81. The fraction of sp³-hybridized carbons (Fsp3) is 0.136. The number of thiophene rings is 1. The van der Waals surface area contributed by atoms with Crippen molar-refractivity contribution in [3.05, 3.63) is 76.8 Å². The van der Waals surface area contributed by atoms with Gasteiger partial charge in [0.1, 0.15) is 40.0 Å². The van der Waals surface area contributed by atoms with Gasteiger partial charge >= 0.3 is 5.69 Å². The third kappa shape index (κ3) is 3.39. The Labute approximate surface area is 198 Å². The lowest BCUT2D eigenvalue weighted by Crippen LogP contribution is -2.09. The second-order valence-electron chi connectivity index (χ2n) is 7.82. The summed E-state index contributed by atoms with van der Waals surface area (Å²) in [6.45, 7) is 1.77. The zero-order valence-electron chi connectivity index (χ0n) is 17.9. The van der Waals surface area contributed by atoms with Crippen molar-refractivity contribution in [2.75, 3.05) is 0 Å². The van der Waals surface area contributed by atoms with Gasteiger partial charge in [-0.3, -0.25) is 14.8 Å². The molecule has 6 rings (SSSR count). The van der Waals surface area contributed by atoms with Crippen LogP contribution in [0.15, 0.2) is 55.1 Å². The number of rotatable bonds is 5. The number of aromatic nitrogens is 7. The van der Waals surface area contributed by atoms with Gasteiger partial charge in [-0.15, -0.1) is 16.4 Å². The van der Waals surface area contributed by atoms with Gasteiger partial charge in [-0.25, -0.2) is 28.2 Å². The summed E-state index contributed by atoms with van der Waals surface area (Å²) in [6.07, 6.45) is 1.26. The molecule has 0 saturated carbocycles. The molecule has 0 amide bonds. The number of hydrogen-bond donors (Lipinski definition) is 0. The van der Waals surface area contributed by atoms with Gasteiger partial charge in [0.15, 0.2) is 11.5 Å². The van der Waals surface area contributed by atoms with Crippen LogP contribution in [0.1, 0.15) is 30.9 Å². The first-order valence-corrected chi connectivity index (χ1v) is 11.2. The van der Waals surface area contributed by atoms with Crippen molar-refractivity contribution in [3.8, 4) is 11.1 Å². The number of hydrogen-bond acceptors (Lipinski definition) is 8. The van der Waals surface area contributed by atoms with Crippen LogP contribution in [0.2, 0.25) is 0 Å². The van der Waals surface area contributed by atoms with E-state index < -0.39 is 17.4 Å². The predicted octanol–water partition coefficient (Wildman–Crippen LogP) is 5.21. The molecule has 10 nitrogen and oxygen atoms in total. The van der Waals surface area contributed by atoms with Crippen LogP contribution in [-0.2, 0) is 0 Å². The Morgan fingerprint density at radius 2 is 1.97 bits per heavy atom. The van der Waals surface area contributed by atoms with Crippen molar-refractivity contribution in [2.24, 2.45) is 0 Å². The van der Waals surface area contributed by atoms with Crippen LogP contribution < -0.4 is 0 Å². The maximum Gasteiger partial charge on any atom is 0.307 e. The molecule has 0 spiro atoms. The number of halogens is 2. The van der Waals surface area contributed by atoms with Crippen LogP contribution in [0.25, 0.3) is 37.2 Å². The van der Waals surface area contributed by atoms with E-state index in [0.717, 1.165) is 11.8 Å². The number of nitrogens with zero attached hydrogens (tertiary/aromatic N) is 8. The Morgan fingerprint density at radius 1 is 1.17 bits per heavy atom. The minimum Gasteiger partial charge on any atom is -0.258 e. The van der Waals surface area contributed by atoms with Crippen LogP contribution in [0, 0.1) is 10.1 Å². The zero-order chi connectivity index (χ0) is 24.3. The molecule has 0 radical (unpaired) electrons. The normalized spacial score (nSPS) is 12.8. The summed E-state index contributed by atoms with van der Waals surface area (Å²) in [5, 5.41) is 20.2. The molecule has 6 aromatic rings. The number of nitro groups is 1. The summed E-state index contributed by atoms with van der Waals surface area (Å²) < 4.78 is 30.9. The number of fused-ring (bicyclic) bond motifs is 5. The molecule has 0 aliphatic rings. The van der Waals surface area contributed by atoms with E-state index in [1.165, 1.54) is 39.1 Å². The van der Waals surface area contributed by atoms with Gasteiger partial charge in [-0.2, -0.15) is 5.10 Å². The summed E-state index contributed by atoms with van der Waals surface area (Å²) in [5.41, 5.74) is 2.02. The molecule has 174 valence electrons. The molecule has 1 aromatic carbocycles. The molecule has 13 heteroatoms. The molecule has 1 atom stereocenters. The standard InChI is InChI=1S/C22H14F2N8O2S/c1-11(30-9-13(8-26-30)32(33)34)20-28-21-18-17(25-10-31(21)29-20)16-14(12-5-3-2-4-6-12)7-15(19(23)24)27-22(16)35-18/h2-11,19H,1H3/t11-/m0/s1. The average Bonchev–Trinajstić information content (AvgIpc) is 3.59. The Hall–Kier alpha value is -4.39. The van der Waals surface area contributed by atoms with Gasteiger partial charge in [0.05, 0.1) is 10.4 Å². The topological polar surface area (TPSA) is 117 Å². The fourth-order valence-electron chi connectivity index (χ4n) is 3.95. The Kier molecular flexibility index (Phi) is 4.74. The van der Waals surface area contributed by atoms with Crippen LogP contribution in [0.5, 0.6) is 0 Å². The van der Waals surface area contributed by atoms with Crippen molar-refractivity contribution in [3.63, 3.8) is 0 Å². The maximum absolute atomic E-state index is 13.7. The molecule has 5 heterocycles. The monoisotopic (exact) mass is 492 g/mol. The maximum atomic E-state index is 13.7. The molecule has 0 bridgehead atoms. The number of benzene rings is 1. The highest BCUT2D eigenvalue weighted by Gasteiger charge is 2.23. The van der Waals surface area contributed by atoms with E-state index in [2.05, 4.69) is 25.1 Å². The van der Waals surface area contributed by atoms with Crippen LogP contribution in [-0.4, -0.2) is 39.3 Å². The molecule has 0 aliphatic carbocycles. The number of alkyl halides is 2. The third-order valence-corrected chi connectivity index (χ3v) is 6.75. The van der Waals surface area contributed by atoms with Crippen molar-refractivity contribution in [1.29, 1.82) is 0 Å². The first-order chi connectivity index (χ1) is 16.9. The van der Waals surface area contributed by atoms with Crippen LogP contribution in [0.4, 0.5) is 14.5 Å². The van der Waals surface area contributed by atoms with Crippen molar-refractivity contribution in [2.45, 2.75) is 19.4 Å². The predicted molar refractivity (Wildman–Crippen MR) is 125 cm³/mol. The molecule has 0 N–H and O–H groups in total. The van der Waals surface area contributed by atoms with Gasteiger partial charge in [-0.05, 0) is 24.1 Å². The van der Waals surface area contributed by atoms with E-state index in [0.29, 0.717) is 37.5 Å². The zero-order valence-corrected chi connectivity index (χ0v) is 18.7. The van der Waals surface area contributed by atoms with E-state index in [4.69, 9.17) is 0 Å². The highest BCUT2D eigenvalue weighted by molar-refractivity contribution is 7.26. The van der Waals surface area contributed by atoms with E-state index in [-0.39, 0.29) is 11.4 Å². The molecule has 0 unspecified atom stereocenters. The van der Waals surface area contributed by atoms with E-state index in [1.54, 1.807) is 6.92 Å². The van der Waals surface area contributed by atoms with Crippen LogP contribution in [0.3, 0.4) is 0 Å². The van der Waals surface area contributed by atoms with Gasteiger partial charge < -0.3 is 0 Å². The largest absolute Gasteiger partial charge is 0.307 e. The van der Waals surface area contributed by atoms with Gasteiger partial charge in [0.2, 0.25) is 0 Å². The number of pyridine rings is 1. The Bertz CT molecular complexity index is 1740. The van der Waals surface area contributed by atoms with Crippen molar-refractivity contribution in [1.82, 2.24) is 34.3 Å². The summed E-state index contributed by atoms with van der Waals surface area (Å²) in [6, 6.07) is 10.2. The smallest absolute Gasteiger partial charge is 0.258 e. The lowest BCUT2D eigenvalue weighted by Gasteiger charge is -2.07.